The number of carbonyl (C=O) groups excluding carboxylic acids is 3. The number of fused-ring (bicyclic) bond motifs is 2. The number of carbonyl (C=O) groups is 3. The zero-order valence-electron chi connectivity index (χ0n) is 20.4. The van der Waals surface area contributed by atoms with Gasteiger partial charge in [-0.3, -0.25) is 9.59 Å². The Labute approximate surface area is 209 Å². The van der Waals surface area contributed by atoms with E-state index in [0.717, 1.165) is 6.42 Å². The van der Waals surface area contributed by atoms with Crippen LogP contribution in [0.1, 0.15) is 43.0 Å². The van der Waals surface area contributed by atoms with Gasteiger partial charge in [0.2, 0.25) is 5.91 Å². The lowest BCUT2D eigenvalue weighted by atomic mass is 9.94. The molecule has 2 heterocycles. The summed E-state index contributed by atoms with van der Waals surface area (Å²) in [5, 5.41) is 7.95. The Morgan fingerprint density at radius 3 is 2.72 bits per heavy atom. The van der Waals surface area contributed by atoms with Crippen molar-refractivity contribution in [2.45, 2.75) is 50.9 Å². The van der Waals surface area contributed by atoms with Crippen molar-refractivity contribution in [2.24, 2.45) is 0 Å². The topological polar surface area (TPSA) is 109 Å². The SMILES string of the molecule is CCCNC(=O)C[C@H]1CC[C@H]2[C@H](COc3ccc(NC(=O)Nc4ccccc4F)cc3C(=O)N2C)O1. The molecule has 0 aliphatic carbocycles. The summed E-state index contributed by atoms with van der Waals surface area (Å²) in [5.74, 6) is -0.484. The predicted octanol–water partition coefficient (Wildman–Crippen LogP) is 3.77. The van der Waals surface area contributed by atoms with Crippen molar-refractivity contribution in [3.63, 3.8) is 0 Å². The Balaban J connectivity index is 1.43. The molecule has 2 aliphatic rings. The summed E-state index contributed by atoms with van der Waals surface area (Å²) < 4.78 is 26.0. The van der Waals surface area contributed by atoms with Crippen molar-refractivity contribution >= 4 is 29.2 Å². The molecule has 0 bridgehead atoms. The fraction of sp³-hybridized carbons (Fsp3) is 0.423. The Hall–Kier alpha value is -3.66. The normalized spacial score (nSPS) is 21.2. The van der Waals surface area contributed by atoms with Crippen LogP contribution in [0.3, 0.4) is 0 Å². The minimum Gasteiger partial charge on any atom is -0.490 e. The number of likely N-dealkylation sites (N-methyl/N-ethyl adjacent to an activating group) is 1. The van der Waals surface area contributed by atoms with Crippen molar-refractivity contribution in [1.82, 2.24) is 10.2 Å². The van der Waals surface area contributed by atoms with Crippen molar-refractivity contribution in [1.29, 1.82) is 0 Å². The third-order valence-corrected chi connectivity index (χ3v) is 6.38. The first-order valence-electron chi connectivity index (χ1n) is 12.1. The van der Waals surface area contributed by atoms with E-state index in [1.54, 1.807) is 36.2 Å². The van der Waals surface area contributed by atoms with E-state index in [1.165, 1.54) is 18.2 Å². The number of rotatable bonds is 6. The van der Waals surface area contributed by atoms with Gasteiger partial charge >= 0.3 is 6.03 Å². The maximum Gasteiger partial charge on any atom is 0.323 e. The molecule has 192 valence electrons. The van der Waals surface area contributed by atoms with E-state index in [0.29, 0.717) is 36.4 Å². The molecule has 1 saturated heterocycles. The number of ether oxygens (including phenoxy) is 2. The first-order chi connectivity index (χ1) is 17.4. The molecule has 3 N–H and O–H groups in total. The highest BCUT2D eigenvalue weighted by atomic mass is 19.1. The Bertz CT molecular complexity index is 1130. The minimum absolute atomic E-state index is 0.0408. The highest BCUT2D eigenvalue weighted by Crippen LogP contribution is 2.32. The predicted molar refractivity (Wildman–Crippen MR) is 133 cm³/mol. The second-order valence-electron chi connectivity index (χ2n) is 8.99. The molecule has 0 spiro atoms. The molecule has 0 aromatic heterocycles. The molecule has 0 unspecified atom stereocenters. The molecular weight excluding hydrogens is 467 g/mol. The lowest BCUT2D eigenvalue weighted by Gasteiger charge is -2.42. The van der Waals surface area contributed by atoms with Crippen molar-refractivity contribution < 1.29 is 28.2 Å². The summed E-state index contributed by atoms with van der Waals surface area (Å²) in [6.07, 6.45) is 1.89. The summed E-state index contributed by atoms with van der Waals surface area (Å²) >= 11 is 0. The van der Waals surface area contributed by atoms with E-state index in [9.17, 15) is 18.8 Å². The molecule has 10 heteroatoms. The number of halogens is 1. The lowest BCUT2D eigenvalue weighted by molar-refractivity contribution is -0.134. The minimum atomic E-state index is -0.637. The Kier molecular flexibility index (Phi) is 8.04. The monoisotopic (exact) mass is 498 g/mol. The number of hydrogen-bond donors (Lipinski definition) is 3. The molecule has 1 fully saturated rings. The van der Waals surface area contributed by atoms with E-state index in [2.05, 4.69) is 16.0 Å². The second kappa shape index (κ2) is 11.4. The maximum absolute atomic E-state index is 13.8. The quantitative estimate of drug-likeness (QED) is 0.562. The van der Waals surface area contributed by atoms with E-state index in [4.69, 9.17) is 9.47 Å². The van der Waals surface area contributed by atoms with Crippen LogP contribution in [0, 0.1) is 5.82 Å². The van der Waals surface area contributed by atoms with E-state index in [-0.39, 0.29) is 48.8 Å². The lowest BCUT2D eigenvalue weighted by Crippen LogP contribution is -2.54. The highest BCUT2D eigenvalue weighted by molar-refractivity contribution is 6.02. The third-order valence-electron chi connectivity index (χ3n) is 6.38. The van der Waals surface area contributed by atoms with Crippen LogP contribution in [0.25, 0.3) is 0 Å². The van der Waals surface area contributed by atoms with Crippen LogP contribution in [-0.2, 0) is 9.53 Å². The number of nitrogens with one attached hydrogen (secondary N) is 3. The van der Waals surface area contributed by atoms with Gasteiger partial charge in [0.15, 0.2) is 0 Å². The number of para-hydroxylation sites is 1. The molecule has 3 atom stereocenters. The molecule has 9 nitrogen and oxygen atoms in total. The van der Waals surface area contributed by atoms with Crippen LogP contribution < -0.4 is 20.7 Å². The van der Waals surface area contributed by atoms with E-state index >= 15 is 0 Å². The summed E-state index contributed by atoms with van der Waals surface area (Å²) in [6, 6.07) is 9.76. The van der Waals surface area contributed by atoms with Crippen LogP contribution in [-0.4, -0.2) is 61.2 Å². The van der Waals surface area contributed by atoms with Gasteiger partial charge in [0.05, 0.1) is 29.8 Å². The highest BCUT2D eigenvalue weighted by Gasteiger charge is 2.39. The van der Waals surface area contributed by atoms with Crippen LogP contribution in [0.15, 0.2) is 42.5 Å². The van der Waals surface area contributed by atoms with Crippen molar-refractivity contribution in [3.8, 4) is 5.75 Å². The molecule has 4 rings (SSSR count). The Morgan fingerprint density at radius 2 is 1.94 bits per heavy atom. The molecular formula is C26H31FN4O5. The number of hydrogen-bond acceptors (Lipinski definition) is 5. The molecule has 2 aromatic rings. The number of benzene rings is 2. The fourth-order valence-corrected chi connectivity index (χ4v) is 4.50. The number of amides is 4. The van der Waals surface area contributed by atoms with Crippen LogP contribution in [0.2, 0.25) is 0 Å². The van der Waals surface area contributed by atoms with Gasteiger partial charge in [-0.15, -0.1) is 0 Å². The molecule has 2 aliphatic heterocycles. The average Bonchev–Trinajstić information content (AvgIpc) is 2.86. The molecule has 0 saturated carbocycles. The number of urea groups is 1. The largest absolute Gasteiger partial charge is 0.490 e. The summed E-state index contributed by atoms with van der Waals surface area (Å²) in [6.45, 7) is 2.86. The zero-order valence-corrected chi connectivity index (χ0v) is 20.4. The van der Waals surface area contributed by atoms with Gasteiger partial charge < -0.3 is 30.3 Å². The van der Waals surface area contributed by atoms with Gasteiger partial charge in [-0.05, 0) is 49.6 Å². The maximum atomic E-state index is 13.8. The standard InChI is InChI=1S/C26H31FN4O5/c1-3-12-28-24(32)14-17-9-10-21-23(36-17)15-35-22-11-8-16(13-18(22)25(33)31(21)2)29-26(34)30-20-7-5-4-6-19(20)27/h4-8,11,13,17,21,23H,3,9-10,12,14-15H2,1-2H3,(H,28,32)(H2,29,30,34)/t17-,21+,23+/m1/s1. The van der Waals surface area contributed by atoms with E-state index < -0.39 is 11.8 Å². The van der Waals surface area contributed by atoms with Crippen molar-refractivity contribution in [3.05, 3.63) is 53.8 Å². The van der Waals surface area contributed by atoms with Gasteiger partial charge in [0.25, 0.3) is 5.91 Å². The first kappa shape index (κ1) is 25.4. The molecule has 36 heavy (non-hydrogen) atoms. The smallest absolute Gasteiger partial charge is 0.323 e. The summed E-state index contributed by atoms with van der Waals surface area (Å²) in [7, 11) is 1.72. The van der Waals surface area contributed by atoms with Crippen LogP contribution in [0.5, 0.6) is 5.75 Å². The summed E-state index contributed by atoms with van der Waals surface area (Å²) in [4.78, 5) is 39.5. The molecule has 0 radical (unpaired) electrons. The van der Waals surface area contributed by atoms with Gasteiger partial charge in [-0.25, -0.2) is 9.18 Å². The average molecular weight is 499 g/mol. The first-order valence-corrected chi connectivity index (χ1v) is 12.1. The number of anilines is 2. The fourth-order valence-electron chi connectivity index (χ4n) is 4.50. The van der Waals surface area contributed by atoms with Gasteiger partial charge in [-0.2, -0.15) is 0 Å². The van der Waals surface area contributed by atoms with Crippen molar-refractivity contribution in [2.75, 3.05) is 30.8 Å². The van der Waals surface area contributed by atoms with Gasteiger partial charge in [0.1, 0.15) is 24.3 Å². The second-order valence-corrected chi connectivity index (χ2v) is 8.99. The number of nitrogens with zero attached hydrogens (tertiary/aromatic N) is 1. The van der Waals surface area contributed by atoms with E-state index in [1.807, 2.05) is 6.92 Å². The molecule has 2 aromatic carbocycles. The Morgan fingerprint density at radius 1 is 1.14 bits per heavy atom. The van der Waals surface area contributed by atoms with Crippen LogP contribution in [0.4, 0.5) is 20.6 Å². The zero-order chi connectivity index (χ0) is 25.7. The third kappa shape index (κ3) is 5.93. The van der Waals surface area contributed by atoms with Gasteiger partial charge in [-0.1, -0.05) is 19.1 Å². The van der Waals surface area contributed by atoms with Crippen LogP contribution >= 0.6 is 0 Å². The summed E-state index contributed by atoms with van der Waals surface area (Å²) in [5.41, 5.74) is 0.716. The molecule has 4 amide bonds. The van der Waals surface area contributed by atoms with Gasteiger partial charge in [0, 0.05) is 19.3 Å².